The van der Waals surface area contributed by atoms with E-state index in [4.69, 9.17) is 21.4 Å². The van der Waals surface area contributed by atoms with Gasteiger partial charge in [0, 0.05) is 11.6 Å². The zero-order valence-electron chi connectivity index (χ0n) is 16.5. The number of rotatable bonds is 5. The van der Waals surface area contributed by atoms with Crippen LogP contribution < -0.4 is 26.9 Å². The van der Waals surface area contributed by atoms with E-state index in [2.05, 4.69) is 15.3 Å². The van der Waals surface area contributed by atoms with E-state index in [9.17, 15) is 19.2 Å². The average molecular weight is 449 g/mol. The molecule has 0 spiro atoms. The van der Waals surface area contributed by atoms with E-state index in [-0.39, 0.29) is 33.8 Å². The number of halogens is 1. The maximum absolute atomic E-state index is 12.2. The number of aryl methyl sites for hydroxylation is 1. The van der Waals surface area contributed by atoms with E-state index in [1.165, 1.54) is 18.2 Å². The van der Waals surface area contributed by atoms with Crippen molar-refractivity contribution < 1.29 is 14.6 Å². The number of hydrogen-bond donors (Lipinski definition) is 4. The van der Waals surface area contributed by atoms with Crippen LogP contribution in [0.1, 0.15) is 30.9 Å². The smallest absolute Gasteiger partial charge is 0.410 e. The van der Waals surface area contributed by atoms with Gasteiger partial charge in [0.2, 0.25) is 11.7 Å². The van der Waals surface area contributed by atoms with Crippen molar-refractivity contribution in [3.05, 3.63) is 65.5 Å². The highest BCUT2D eigenvalue weighted by Gasteiger charge is 2.16. The third-order valence-corrected chi connectivity index (χ3v) is 4.43. The first-order valence-corrected chi connectivity index (χ1v) is 9.26. The second kappa shape index (κ2) is 8.44. The lowest BCUT2D eigenvalue weighted by molar-refractivity contribution is 0.209. The van der Waals surface area contributed by atoms with E-state index in [0.29, 0.717) is 11.1 Å². The number of nitrogens with zero attached hydrogens (tertiary/aromatic N) is 3. The molecule has 162 valence electrons. The van der Waals surface area contributed by atoms with E-state index in [1.807, 2.05) is 24.1 Å². The van der Waals surface area contributed by atoms with Crippen LogP contribution in [0, 0.1) is 6.92 Å². The molecule has 0 bridgehead atoms. The molecule has 13 heteroatoms. The monoisotopic (exact) mass is 448 g/mol. The molecule has 3 aromatic rings. The van der Waals surface area contributed by atoms with Crippen LogP contribution in [0.5, 0.6) is 11.6 Å². The van der Waals surface area contributed by atoms with Gasteiger partial charge in [-0.2, -0.15) is 4.68 Å². The van der Waals surface area contributed by atoms with Crippen LogP contribution in [0.15, 0.2) is 32.6 Å². The van der Waals surface area contributed by atoms with Crippen molar-refractivity contribution >= 4 is 23.5 Å². The van der Waals surface area contributed by atoms with Crippen LogP contribution in [-0.4, -0.2) is 36.2 Å². The number of aromatic amines is 2. The lowest BCUT2D eigenvalue weighted by Crippen LogP contribution is -2.34. The number of aromatic nitrogens is 5. The molecule has 0 aliphatic heterocycles. The molecule has 0 aliphatic carbocycles. The van der Waals surface area contributed by atoms with Gasteiger partial charge in [-0.15, -0.1) is 10.2 Å². The molecule has 0 radical (unpaired) electrons. The number of H-pyrrole nitrogens is 2. The summed E-state index contributed by atoms with van der Waals surface area (Å²) in [5, 5.41) is 20.6. The van der Waals surface area contributed by atoms with Gasteiger partial charge in [-0.05, 0) is 30.5 Å². The standard InChI is InChI=1S/C18H17ClN6O6/c1-7(2)10-6-12(22-23-15(10)26)31-13-8(3)4-9(5-11(13)19)25-17(28)21-16(27)14(24-25)20-18(29)30/h4-7H,1-3H3,(H,20,24)(H,23,26)(H,29,30)(H,21,27,28). The van der Waals surface area contributed by atoms with Crippen molar-refractivity contribution in [2.75, 3.05) is 5.32 Å². The molecule has 2 heterocycles. The number of anilines is 1. The molecule has 0 atom stereocenters. The van der Waals surface area contributed by atoms with Gasteiger partial charge in [0.1, 0.15) is 0 Å². The predicted molar refractivity (Wildman–Crippen MR) is 111 cm³/mol. The molecular formula is C18H17ClN6O6. The normalized spacial score (nSPS) is 10.9. The summed E-state index contributed by atoms with van der Waals surface area (Å²) in [7, 11) is 0. The summed E-state index contributed by atoms with van der Waals surface area (Å²) >= 11 is 6.33. The predicted octanol–water partition coefficient (Wildman–Crippen LogP) is 1.97. The number of amides is 1. The summed E-state index contributed by atoms with van der Waals surface area (Å²) in [6.07, 6.45) is -1.52. The van der Waals surface area contributed by atoms with Gasteiger partial charge >= 0.3 is 11.8 Å². The summed E-state index contributed by atoms with van der Waals surface area (Å²) in [5.74, 6) is -0.297. The van der Waals surface area contributed by atoms with E-state index in [0.717, 1.165) is 4.68 Å². The summed E-state index contributed by atoms with van der Waals surface area (Å²) in [6.45, 7) is 5.35. The lowest BCUT2D eigenvalue weighted by Gasteiger charge is -2.13. The molecule has 2 aromatic heterocycles. The molecular weight excluding hydrogens is 432 g/mol. The Morgan fingerprint density at radius 3 is 2.55 bits per heavy atom. The molecule has 1 amide bonds. The number of nitrogens with one attached hydrogen (secondary N) is 3. The highest BCUT2D eigenvalue weighted by Crippen LogP contribution is 2.34. The lowest BCUT2D eigenvalue weighted by atomic mass is 10.1. The molecule has 1 aromatic carbocycles. The van der Waals surface area contributed by atoms with Gasteiger partial charge in [0.05, 0.1) is 10.7 Å². The Morgan fingerprint density at radius 2 is 1.94 bits per heavy atom. The van der Waals surface area contributed by atoms with Crippen LogP contribution >= 0.6 is 11.6 Å². The SMILES string of the molecule is Cc1cc(-n2nc(NC(=O)O)c(=O)[nH]c2=O)cc(Cl)c1Oc1cc(C(C)C)c(=O)[nH]n1. The first-order valence-electron chi connectivity index (χ1n) is 8.88. The Morgan fingerprint density at radius 1 is 1.23 bits per heavy atom. The van der Waals surface area contributed by atoms with Crippen molar-refractivity contribution in [2.45, 2.75) is 26.7 Å². The topological polar surface area (TPSA) is 172 Å². The Labute approximate surface area is 178 Å². The maximum Gasteiger partial charge on any atom is 0.410 e. The molecule has 0 fully saturated rings. The summed E-state index contributed by atoms with van der Waals surface area (Å²) in [5.41, 5.74) is -1.09. The Kier molecular flexibility index (Phi) is 5.92. The minimum atomic E-state index is -1.52. The number of carboxylic acid groups (broad SMARTS) is 1. The fourth-order valence-electron chi connectivity index (χ4n) is 2.71. The highest BCUT2D eigenvalue weighted by atomic mass is 35.5. The van der Waals surface area contributed by atoms with Gasteiger partial charge in [-0.1, -0.05) is 25.4 Å². The minimum absolute atomic E-state index is 0.0557. The summed E-state index contributed by atoms with van der Waals surface area (Å²) in [6, 6.07) is 4.34. The van der Waals surface area contributed by atoms with Crippen molar-refractivity contribution in [1.82, 2.24) is 25.0 Å². The maximum atomic E-state index is 12.2. The molecule has 12 nitrogen and oxygen atoms in total. The second-order valence-electron chi connectivity index (χ2n) is 6.77. The largest absolute Gasteiger partial charge is 0.465 e. The summed E-state index contributed by atoms with van der Waals surface area (Å²) < 4.78 is 6.52. The first-order chi connectivity index (χ1) is 14.6. The zero-order valence-corrected chi connectivity index (χ0v) is 17.3. The summed E-state index contributed by atoms with van der Waals surface area (Å²) in [4.78, 5) is 48.5. The quantitative estimate of drug-likeness (QED) is 0.458. The van der Waals surface area contributed by atoms with Gasteiger partial charge in [0.15, 0.2) is 5.75 Å². The van der Waals surface area contributed by atoms with Crippen molar-refractivity contribution in [3.63, 3.8) is 0 Å². The molecule has 0 saturated heterocycles. The molecule has 0 saturated carbocycles. The van der Waals surface area contributed by atoms with E-state index in [1.54, 1.807) is 6.92 Å². The molecule has 0 aliphatic rings. The van der Waals surface area contributed by atoms with Gasteiger partial charge < -0.3 is 9.84 Å². The van der Waals surface area contributed by atoms with Crippen LogP contribution in [-0.2, 0) is 0 Å². The molecule has 4 N–H and O–H groups in total. The third-order valence-electron chi connectivity index (χ3n) is 4.15. The Bertz CT molecular complexity index is 1320. The van der Waals surface area contributed by atoms with Crippen LogP contribution in [0.2, 0.25) is 5.02 Å². The van der Waals surface area contributed by atoms with Gasteiger partial charge in [-0.25, -0.2) is 14.7 Å². The number of ether oxygens (including phenoxy) is 1. The minimum Gasteiger partial charge on any atom is -0.465 e. The first kappa shape index (κ1) is 21.8. The number of hydrogen-bond acceptors (Lipinski definition) is 7. The zero-order chi connectivity index (χ0) is 22.9. The number of benzene rings is 1. The molecule has 0 unspecified atom stereocenters. The highest BCUT2D eigenvalue weighted by molar-refractivity contribution is 6.32. The molecule has 3 rings (SSSR count). The van der Waals surface area contributed by atoms with E-state index < -0.39 is 23.2 Å². The van der Waals surface area contributed by atoms with Crippen LogP contribution in [0.25, 0.3) is 5.69 Å². The van der Waals surface area contributed by atoms with Gasteiger partial charge in [0.25, 0.3) is 11.1 Å². The fourth-order valence-corrected chi connectivity index (χ4v) is 3.01. The van der Waals surface area contributed by atoms with Gasteiger partial charge in [-0.3, -0.25) is 19.9 Å². The fraction of sp³-hybridized carbons (Fsp3) is 0.222. The second-order valence-corrected chi connectivity index (χ2v) is 7.18. The van der Waals surface area contributed by atoms with Crippen molar-refractivity contribution in [2.24, 2.45) is 0 Å². The van der Waals surface area contributed by atoms with E-state index >= 15 is 0 Å². The van der Waals surface area contributed by atoms with Crippen molar-refractivity contribution in [1.29, 1.82) is 0 Å². The average Bonchev–Trinajstić information content (AvgIpc) is 2.67. The van der Waals surface area contributed by atoms with Crippen molar-refractivity contribution in [3.8, 4) is 17.3 Å². The number of carbonyl (C=O) groups is 1. The van der Waals surface area contributed by atoms with Crippen LogP contribution in [0.3, 0.4) is 0 Å². The molecule has 31 heavy (non-hydrogen) atoms. The third kappa shape index (κ3) is 4.64. The Balaban J connectivity index is 2.03. The van der Waals surface area contributed by atoms with Crippen LogP contribution in [0.4, 0.5) is 10.6 Å². The Hall–Kier alpha value is -3.93.